The number of nitrogens with one attached hydrogen (secondary N) is 1. The van der Waals surface area contributed by atoms with Crippen LogP contribution in [0.3, 0.4) is 0 Å². The van der Waals surface area contributed by atoms with Crippen LogP contribution in [0.1, 0.15) is 35.2 Å². The number of rotatable bonds is 5. The molecule has 0 bridgehead atoms. The lowest BCUT2D eigenvalue weighted by atomic mass is 10.1. The summed E-state index contributed by atoms with van der Waals surface area (Å²) in [5.41, 5.74) is 4.15. The number of nitrogens with zero attached hydrogens (tertiary/aromatic N) is 5. The molecular formula is C25H23ClN6O3. The van der Waals surface area contributed by atoms with Crippen molar-refractivity contribution >= 4 is 45.6 Å². The van der Waals surface area contributed by atoms with Crippen molar-refractivity contribution in [2.75, 3.05) is 23.3 Å². The van der Waals surface area contributed by atoms with E-state index in [0.29, 0.717) is 27.4 Å². The van der Waals surface area contributed by atoms with E-state index in [0.717, 1.165) is 43.6 Å². The molecule has 1 aromatic heterocycles. The highest BCUT2D eigenvalue weighted by Gasteiger charge is 2.23. The molecule has 2 heterocycles. The van der Waals surface area contributed by atoms with E-state index >= 15 is 0 Å². The number of hydrogen-bond donors (Lipinski definition) is 1. The van der Waals surface area contributed by atoms with E-state index in [9.17, 15) is 14.9 Å². The monoisotopic (exact) mass is 490 g/mol. The van der Waals surface area contributed by atoms with E-state index in [2.05, 4.69) is 15.5 Å². The van der Waals surface area contributed by atoms with E-state index in [-0.39, 0.29) is 11.3 Å². The Bertz CT molecular complexity index is 1440. The molecule has 10 heteroatoms. The first-order valence-electron chi connectivity index (χ1n) is 11.4. The average molecular weight is 491 g/mol. The molecule has 1 N–H and O–H groups in total. The molecule has 0 radical (unpaired) electrons. The SMILES string of the molecule is Cc1ccc(-n2nc3ccc(NC(=O)c4ccc(N5CCCCC5)c([N+](=O)[O-])c4)cc3n2)cc1Cl. The number of halogens is 1. The zero-order valence-corrected chi connectivity index (χ0v) is 19.8. The number of hydrogen-bond acceptors (Lipinski definition) is 6. The van der Waals surface area contributed by atoms with Crippen LogP contribution in [0.15, 0.2) is 54.6 Å². The second-order valence-corrected chi connectivity index (χ2v) is 9.00. The molecule has 0 spiro atoms. The van der Waals surface area contributed by atoms with Gasteiger partial charge < -0.3 is 10.2 Å². The predicted octanol–water partition coefficient (Wildman–Crippen LogP) is 5.53. The highest BCUT2D eigenvalue weighted by atomic mass is 35.5. The Hall–Kier alpha value is -3.98. The van der Waals surface area contributed by atoms with Gasteiger partial charge in [-0.15, -0.1) is 10.2 Å². The van der Waals surface area contributed by atoms with Crippen molar-refractivity contribution in [3.05, 3.63) is 80.9 Å². The van der Waals surface area contributed by atoms with E-state index in [4.69, 9.17) is 11.6 Å². The first-order valence-corrected chi connectivity index (χ1v) is 11.8. The number of nitro groups is 1. The maximum Gasteiger partial charge on any atom is 0.293 e. The Labute approximate surface area is 206 Å². The molecule has 0 aliphatic carbocycles. The van der Waals surface area contributed by atoms with Crippen molar-refractivity contribution < 1.29 is 9.72 Å². The summed E-state index contributed by atoms with van der Waals surface area (Å²) in [5.74, 6) is -0.435. The van der Waals surface area contributed by atoms with Crippen molar-refractivity contribution in [2.24, 2.45) is 0 Å². The molecule has 178 valence electrons. The maximum atomic E-state index is 12.9. The van der Waals surface area contributed by atoms with Crippen molar-refractivity contribution in [1.82, 2.24) is 15.0 Å². The van der Waals surface area contributed by atoms with Crippen LogP contribution in [0.25, 0.3) is 16.7 Å². The molecule has 5 rings (SSSR count). The summed E-state index contributed by atoms with van der Waals surface area (Å²) in [4.78, 5) is 27.7. The van der Waals surface area contributed by atoms with E-state index in [1.54, 1.807) is 36.4 Å². The van der Waals surface area contributed by atoms with Crippen molar-refractivity contribution in [3.8, 4) is 5.69 Å². The minimum absolute atomic E-state index is 0.0605. The minimum atomic E-state index is -0.435. The fraction of sp³-hybridized carbons (Fsp3) is 0.240. The first-order chi connectivity index (χ1) is 16.9. The quantitative estimate of drug-likeness (QED) is 0.291. The topological polar surface area (TPSA) is 106 Å². The summed E-state index contributed by atoms with van der Waals surface area (Å²) in [6.45, 7) is 3.48. The lowest BCUT2D eigenvalue weighted by Gasteiger charge is -2.28. The van der Waals surface area contributed by atoms with Gasteiger partial charge in [-0.25, -0.2) is 0 Å². The molecule has 4 aromatic rings. The summed E-state index contributed by atoms with van der Waals surface area (Å²) in [7, 11) is 0. The van der Waals surface area contributed by atoms with Crippen LogP contribution in [-0.2, 0) is 0 Å². The van der Waals surface area contributed by atoms with Gasteiger partial charge in [0.1, 0.15) is 16.7 Å². The minimum Gasteiger partial charge on any atom is -0.366 e. The Morgan fingerprint density at radius 3 is 2.51 bits per heavy atom. The lowest BCUT2D eigenvalue weighted by Crippen LogP contribution is -2.30. The average Bonchev–Trinajstić information content (AvgIpc) is 3.29. The number of nitro benzene ring substituents is 1. The van der Waals surface area contributed by atoms with Gasteiger partial charge in [0.2, 0.25) is 0 Å². The molecule has 1 amide bonds. The molecule has 0 atom stereocenters. The number of anilines is 2. The number of carbonyl (C=O) groups is 1. The Morgan fingerprint density at radius 1 is 1.00 bits per heavy atom. The van der Waals surface area contributed by atoms with Gasteiger partial charge in [0.05, 0.1) is 10.6 Å². The van der Waals surface area contributed by atoms with Crippen LogP contribution in [0.4, 0.5) is 17.1 Å². The van der Waals surface area contributed by atoms with E-state index in [1.807, 2.05) is 24.0 Å². The third-order valence-corrected chi connectivity index (χ3v) is 6.56. The normalized spacial score (nSPS) is 13.7. The highest BCUT2D eigenvalue weighted by Crippen LogP contribution is 2.31. The van der Waals surface area contributed by atoms with Crippen LogP contribution in [0.2, 0.25) is 5.02 Å². The standard InChI is InChI=1S/C25H23ClN6O3/c1-16-5-8-19(15-20(16)26)31-28-21-9-7-18(14-22(21)29-31)27-25(33)17-6-10-23(24(13-17)32(34)35)30-11-3-2-4-12-30/h5-10,13-15H,2-4,11-12H2,1H3,(H,27,33). The largest absolute Gasteiger partial charge is 0.366 e. The number of amides is 1. The molecule has 1 aliphatic rings. The van der Waals surface area contributed by atoms with Crippen LogP contribution in [-0.4, -0.2) is 38.9 Å². The molecule has 1 fully saturated rings. The molecule has 3 aromatic carbocycles. The van der Waals surface area contributed by atoms with Gasteiger partial charge >= 0.3 is 0 Å². The Kier molecular flexibility index (Phi) is 6.08. The third kappa shape index (κ3) is 4.67. The number of aryl methyl sites for hydroxylation is 1. The van der Waals surface area contributed by atoms with Crippen molar-refractivity contribution in [1.29, 1.82) is 0 Å². The molecule has 35 heavy (non-hydrogen) atoms. The molecule has 0 saturated carbocycles. The third-order valence-electron chi connectivity index (χ3n) is 6.16. The van der Waals surface area contributed by atoms with Gasteiger partial charge in [-0.2, -0.15) is 4.80 Å². The Balaban J connectivity index is 1.38. The van der Waals surface area contributed by atoms with E-state index < -0.39 is 10.8 Å². The van der Waals surface area contributed by atoms with Gasteiger partial charge in [0.25, 0.3) is 11.6 Å². The van der Waals surface area contributed by atoms with Gasteiger partial charge in [-0.05, 0) is 74.2 Å². The zero-order valence-electron chi connectivity index (χ0n) is 19.1. The van der Waals surface area contributed by atoms with Crippen LogP contribution in [0.5, 0.6) is 0 Å². The van der Waals surface area contributed by atoms with Crippen LogP contribution < -0.4 is 10.2 Å². The molecule has 1 aliphatic heterocycles. The summed E-state index contributed by atoms with van der Waals surface area (Å²) >= 11 is 6.23. The number of aromatic nitrogens is 3. The fourth-order valence-corrected chi connectivity index (χ4v) is 4.41. The maximum absolute atomic E-state index is 12.9. The molecule has 0 unspecified atom stereocenters. The predicted molar refractivity (Wildman–Crippen MR) is 136 cm³/mol. The first kappa shape index (κ1) is 22.8. The summed E-state index contributed by atoms with van der Waals surface area (Å²) in [6, 6.07) is 15.4. The smallest absolute Gasteiger partial charge is 0.293 e. The van der Waals surface area contributed by atoms with Crippen molar-refractivity contribution in [3.63, 3.8) is 0 Å². The number of carbonyl (C=O) groups excluding carboxylic acids is 1. The van der Waals surface area contributed by atoms with Crippen LogP contribution in [0, 0.1) is 17.0 Å². The summed E-state index contributed by atoms with van der Waals surface area (Å²) in [5, 5.41) is 24.1. The van der Waals surface area contributed by atoms with Crippen LogP contribution >= 0.6 is 11.6 Å². The van der Waals surface area contributed by atoms with Gasteiger partial charge in [-0.3, -0.25) is 14.9 Å². The second kappa shape index (κ2) is 9.34. The lowest BCUT2D eigenvalue weighted by molar-refractivity contribution is -0.384. The summed E-state index contributed by atoms with van der Waals surface area (Å²) in [6.07, 6.45) is 3.13. The molecule has 9 nitrogen and oxygen atoms in total. The van der Waals surface area contributed by atoms with Gasteiger partial charge in [0, 0.05) is 35.4 Å². The van der Waals surface area contributed by atoms with Gasteiger partial charge in [0.15, 0.2) is 0 Å². The Morgan fingerprint density at radius 2 is 1.77 bits per heavy atom. The number of piperidine rings is 1. The fourth-order valence-electron chi connectivity index (χ4n) is 4.23. The van der Waals surface area contributed by atoms with Gasteiger partial charge in [-0.1, -0.05) is 17.7 Å². The second-order valence-electron chi connectivity index (χ2n) is 8.59. The molecule has 1 saturated heterocycles. The number of benzene rings is 3. The van der Waals surface area contributed by atoms with Crippen molar-refractivity contribution in [2.45, 2.75) is 26.2 Å². The summed E-state index contributed by atoms with van der Waals surface area (Å²) < 4.78 is 0. The highest BCUT2D eigenvalue weighted by molar-refractivity contribution is 6.31. The zero-order chi connectivity index (χ0) is 24.5. The number of fused-ring (bicyclic) bond motifs is 1. The van der Waals surface area contributed by atoms with E-state index in [1.165, 1.54) is 10.9 Å². The molecular weight excluding hydrogens is 468 g/mol.